The van der Waals surface area contributed by atoms with Crippen LogP contribution in [0.15, 0.2) is 188 Å². The van der Waals surface area contributed by atoms with E-state index >= 15 is 0 Å². The van der Waals surface area contributed by atoms with Crippen LogP contribution in [0.4, 0.5) is 0 Å². The fourth-order valence-corrected chi connectivity index (χ4v) is 6.61. The molecular weight excluding hydrogens is 607 g/mol. The molecule has 0 aliphatic heterocycles. The standard InChI is InChI=1S/C47H31N3/c1-4-14-32(15-5-1)39-25-13-20-34-26-27-38(31-44(34)39)47-49-45(35-18-8-3-9-19-35)48-46(50-47)37-22-12-21-36(30-37)41-29-28-40(33-16-6-2-7-17-33)42-23-10-11-24-43(41)42/h1-31H/i1D,4D,5D,14D,15D. The molecule has 234 valence electrons. The minimum absolute atomic E-state index is 0.149. The first-order valence-electron chi connectivity index (χ1n) is 19.0. The number of rotatable bonds is 6. The number of fused-ring (bicyclic) bond motifs is 2. The molecule has 0 spiro atoms. The third kappa shape index (κ3) is 5.51. The Morgan fingerprint density at radius 2 is 0.840 bits per heavy atom. The second-order valence-electron chi connectivity index (χ2n) is 12.1. The second-order valence-corrected chi connectivity index (χ2v) is 12.1. The molecule has 0 aliphatic rings. The van der Waals surface area contributed by atoms with Crippen molar-refractivity contribution in [1.29, 1.82) is 0 Å². The van der Waals surface area contributed by atoms with Crippen molar-refractivity contribution < 1.29 is 6.85 Å². The zero-order chi connectivity index (χ0) is 37.6. The summed E-state index contributed by atoms with van der Waals surface area (Å²) in [5, 5.41) is 3.89. The van der Waals surface area contributed by atoms with E-state index in [1.807, 2.05) is 78.9 Å². The van der Waals surface area contributed by atoms with E-state index in [1.165, 1.54) is 16.5 Å². The summed E-state index contributed by atoms with van der Waals surface area (Å²) in [5.41, 5.74) is 7.53. The van der Waals surface area contributed by atoms with Gasteiger partial charge < -0.3 is 0 Å². The lowest BCUT2D eigenvalue weighted by atomic mass is 9.91. The molecule has 0 fully saturated rings. The van der Waals surface area contributed by atoms with Gasteiger partial charge in [0.15, 0.2) is 17.5 Å². The summed E-state index contributed by atoms with van der Waals surface area (Å²) in [5.74, 6) is 1.47. The Hall–Kier alpha value is -6.71. The first-order chi connectivity index (χ1) is 26.9. The summed E-state index contributed by atoms with van der Waals surface area (Å²) in [6.45, 7) is 0. The topological polar surface area (TPSA) is 38.7 Å². The molecule has 0 amide bonds. The number of nitrogens with zero attached hydrogens (tertiary/aromatic N) is 3. The van der Waals surface area contributed by atoms with Gasteiger partial charge in [0, 0.05) is 16.7 Å². The summed E-state index contributed by atoms with van der Waals surface area (Å²) in [6, 6.07) is 51.0. The van der Waals surface area contributed by atoms with Gasteiger partial charge in [-0.3, -0.25) is 0 Å². The molecule has 1 aromatic heterocycles. The zero-order valence-electron chi connectivity index (χ0n) is 31.9. The van der Waals surface area contributed by atoms with Gasteiger partial charge in [0.25, 0.3) is 0 Å². The highest BCUT2D eigenvalue weighted by molar-refractivity contribution is 6.05. The lowest BCUT2D eigenvalue weighted by Crippen LogP contribution is -2.00. The van der Waals surface area contributed by atoms with E-state index in [2.05, 4.69) is 72.8 Å². The smallest absolute Gasteiger partial charge is 0.164 e. The minimum atomic E-state index is -0.424. The van der Waals surface area contributed by atoms with Crippen molar-refractivity contribution in [3.8, 4) is 67.5 Å². The zero-order valence-corrected chi connectivity index (χ0v) is 26.9. The van der Waals surface area contributed by atoms with E-state index in [1.54, 1.807) is 6.07 Å². The Morgan fingerprint density at radius 3 is 1.54 bits per heavy atom. The molecule has 3 nitrogen and oxygen atoms in total. The monoisotopic (exact) mass is 642 g/mol. The third-order valence-electron chi connectivity index (χ3n) is 9.02. The summed E-state index contributed by atoms with van der Waals surface area (Å²) >= 11 is 0. The van der Waals surface area contributed by atoms with Gasteiger partial charge >= 0.3 is 0 Å². The van der Waals surface area contributed by atoms with Crippen LogP contribution in [0, 0.1) is 0 Å². The van der Waals surface area contributed by atoms with Crippen molar-refractivity contribution in [2.24, 2.45) is 0 Å². The molecule has 0 bridgehead atoms. The Kier molecular flexibility index (Phi) is 6.22. The van der Waals surface area contributed by atoms with Crippen LogP contribution in [0.2, 0.25) is 0 Å². The summed E-state index contributed by atoms with van der Waals surface area (Å²) in [6.07, 6.45) is 0. The van der Waals surface area contributed by atoms with Crippen molar-refractivity contribution in [2.45, 2.75) is 0 Å². The molecule has 50 heavy (non-hydrogen) atoms. The van der Waals surface area contributed by atoms with E-state index in [4.69, 9.17) is 21.8 Å². The molecule has 1 heterocycles. The van der Waals surface area contributed by atoms with Crippen molar-refractivity contribution >= 4 is 21.5 Å². The first-order valence-corrected chi connectivity index (χ1v) is 16.5. The number of hydrogen-bond acceptors (Lipinski definition) is 3. The van der Waals surface area contributed by atoms with E-state index in [-0.39, 0.29) is 29.7 Å². The van der Waals surface area contributed by atoms with Crippen LogP contribution in [0.1, 0.15) is 6.85 Å². The second kappa shape index (κ2) is 12.7. The van der Waals surface area contributed by atoms with E-state index < -0.39 is 6.04 Å². The maximum Gasteiger partial charge on any atom is 0.164 e. The van der Waals surface area contributed by atoms with Gasteiger partial charge in [0.2, 0.25) is 0 Å². The predicted molar refractivity (Wildman–Crippen MR) is 207 cm³/mol. The normalized spacial score (nSPS) is 12.6. The fraction of sp³-hybridized carbons (Fsp3) is 0. The fourth-order valence-electron chi connectivity index (χ4n) is 6.61. The lowest BCUT2D eigenvalue weighted by molar-refractivity contribution is 1.07. The van der Waals surface area contributed by atoms with Gasteiger partial charge in [0.05, 0.1) is 6.85 Å². The minimum Gasteiger partial charge on any atom is -0.208 e. The maximum absolute atomic E-state index is 8.68. The average molecular weight is 643 g/mol. The molecule has 9 aromatic rings. The molecule has 9 rings (SSSR count). The van der Waals surface area contributed by atoms with E-state index in [9.17, 15) is 0 Å². The van der Waals surface area contributed by atoms with Crippen molar-refractivity contribution in [3.05, 3.63) is 188 Å². The Balaban J connectivity index is 1.20. The van der Waals surface area contributed by atoms with Crippen molar-refractivity contribution in [3.63, 3.8) is 0 Å². The Labute approximate surface area is 298 Å². The van der Waals surface area contributed by atoms with Gasteiger partial charge in [-0.05, 0) is 67.1 Å². The summed E-state index contributed by atoms with van der Waals surface area (Å²) < 4.78 is 42.1. The van der Waals surface area contributed by atoms with Crippen molar-refractivity contribution in [2.75, 3.05) is 0 Å². The molecule has 0 saturated carbocycles. The molecule has 0 atom stereocenters. The summed E-state index contributed by atoms with van der Waals surface area (Å²) in [7, 11) is 0. The predicted octanol–water partition coefficient (Wildman–Crippen LogP) is 12.2. The third-order valence-corrected chi connectivity index (χ3v) is 9.02. The van der Waals surface area contributed by atoms with Gasteiger partial charge in [-0.1, -0.05) is 176 Å². The van der Waals surface area contributed by atoms with Crippen LogP contribution >= 0.6 is 0 Å². The SMILES string of the molecule is [2H]c1c([2H])c([2H])c(-c2cccc3ccc(-c4nc(-c5ccccc5)nc(-c5cccc(-c6ccc(-c7ccccc7)c7ccccc67)c5)n4)cc23)c([2H])c1[2H]. The molecule has 0 radical (unpaired) electrons. The van der Waals surface area contributed by atoms with E-state index in [0.29, 0.717) is 28.6 Å². The number of aromatic nitrogens is 3. The molecular formula is C47H31N3. The molecule has 0 saturated heterocycles. The number of benzene rings is 8. The highest BCUT2D eigenvalue weighted by atomic mass is 15.0. The van der Waals surface area contributed by atoms with Crippen LogP contribution in [-0.4, -0.2) is 15.0 Å². The van der Waals surface area contributed by atoms with Crippen LogP contribution in [-0.2, 0) is 0 Å². The first kappa shape index (κ1) is 24.4. The Bertz CT molecular complexity index is 2900. The Morgan fingerprint density at radius 1 is 0.320 bits per heavy atom. The quantitative estimate of drug-likeness (QED) is 0.181. The molecule has 3 heteroatoms. The highest BCUT2D eigenvalue weighted by Crippen LogP contribution is 2.37. The van der Waals surface area contributed by atoms with Gasteiger partial charge in [-0.2, -0.15) is 0 Å². The molecule has 0 N–H and O–H groups in total. The summed E-state index contributed by atoms with van der Waals surface area (Å²) in [4.78, 5) is 15.0. The van der Waals surface area contributed by atoms with E-state index in [0.717, 1.165) is 38.4 Å². The van der Waals surface area contributed by atoms with Gasteiger partial charge in [-0.15, -0.1) is 0 Å². The van der Waals surface area contributed by atoms with Crippen LogP contribution < -0.4 is 0 Å². The van der Waals surface area contributed by atoms with Crippen LogP contribution in [0.5, 0.6) is 0 Å². The van der Waals surface area contributed by atoms with Crippen LogP contribution in [0.25, 0.3) is 89.1 Å². The number of hydrogen-bond donors (Lipinski definition) is 0. The lowest BCUT2D eigenvalue weighted by Gasteiger charge is -2.13. The van der Waals surface area contributed by atoms with Gasteiger partial charge in [-0.25, -0.2) is 15.0 Å². The molecule has 8 aromatic carbocycles. The average Bonchev–Trinajstić information content (AvgIpc) is 3.25. The largest absolute Gasteiger partial charge is 0.208 e. The van der Waals surface area contributed by atoms with Gasteiger partial charge in [0.1, 0.15) is 0 Å². The molecule has 0 aliphatic carbocycles. The highest BCUT2D eigenvalue weighted by Gasteiger charge is 2.15. The maximum atomic E-state index is 8.68. The van der Waals surface area contributed by atoms with Crippen LogP contribution in [0.3, 0.4) is 0 Å². The molecule has 0 unspecified atom stereocenters. The van der Waals surface area contributed by atoms with Crippen molar-refractivity contribution in [1.82, 2.24) is 15.0 Å².